The van der Waals surface area contributed by atoms with Gasteiger partial charge in [0.05, 0.1) is 11.4 Å². The number of rotatable bonds is 2. The summed E-state index contributed by atoms with van der Waals surface area (Å²) < 4.78 is 0. The predicted octanol–water partition coefficient (Wildman–Crippen LogP) is 0.768. The molecule has 0 bridgehead atoms. The van der Waals surface area contributed by atoms with Gasteiger partial charge in [-0.2, -0.15) is 5.10 Å². The number of aryl methyl sites for hydroxylation is 2. The molecule has 0 saturated heterocycles. The minimum Gasteiger partial charge on any atom is -0.481 e. The molecule has 2 rings (SSSR count). The van der Waals surface area contributed by atoms with Crippen LogP contribution in [-0.2, 0) is 24.1 Å². The molecule has 1 aromatic heterocycles. The molecule has 1 aliphatic rings. The van der Waals surface area contributed by atoms with Crippen LogP contribution >= 0.6 is 0 Å². The van der Waals surface area contributed by atoms with E-state index in [1.54, 1.807) is 0 Å². The Balaban J connectivity index is 2.23. The number of carboxylic acids is 1. The molecule has 0 saturated carbocycles. The van der Waals surface area contributed by atoms with Crippen LogP contribution in [0.5, 0.6) is 0 Å². The molecule has 80 valence electrons. The van der Waals surface area contributed by atoms with Gasteiger partial charge in [-0.05, 0) is 25.7 Å². The van der Waals surface area contributed by atoms with Crippen molar-refractivity contribution in [1.29, 1.82) is 0 Å². The zero-order valence-electron chi connectivity index (χ0n) is 8.44. The van der Waals surface area contributed by atoms with Crippen molar-refractivity contribution in [3.8, 4) is 0 Å². The predicted molar refractivity (Wildman–Crippen MR) is 52.4 cm³/mol. The molecule has 0 radical (unpaired) electrons. The fourth-order valence-electron chi connectivity index (χ4n) is 1.78. The van der Waals surface area contributed by atoms with E-state index < -0.39 is 5.97 Å². The van der Waals surface area contributed by atoms with E-state index in [4.69, 9.17) is 5.11 Å². The largest absolute Gasteiger partial charge is 0.481 e. The molecule has 0 amide bonds. The number of nitrogens with zero attached hydrogens (tertiary/aromatic N) is 3. The highest BCUT2D eigenvalue weighted by atomic mass is 16.4. The smallest absolute Gasteiger partial charge is 0.311 e. The van der Waals surface area contributed by atoms with Crippen molar-refractivity contribution in [2.24, 2.45) is 0 Å². The first-order valence-electron chi connectivity index (χ1n) is 5.19. The van der Waals surface area contributed by atoms with E-state index in [2.05, 4.69) is 15.2 Å². The second-order valence-corrected chi connectivity index (χ2v) is 3.75. The Morgan fingerprint density at radius 1 is 1.13 bits per heavy atom. The van der Waals surface area contributed by atoms with Crippen molar-refractivity contribution in [2.45, 2.75) is 38.5 Å². The van der Waals surface area contributed by atoms with Gasteiger partial charge in [0, 0.05) is 0 Å². The summed E-state index contributed by atoms with van der Waals surface area (Å²) in [5.41, 5.74) is 1.89. The lowest BCUT2D eigenvalue weighted by Crippen LogP contribution is -2.10. The zero-order chi connectivity index (χ0) is 10.7. The van der Waals surface area contributed by atoms with Gasteiger partial charge >= 0.3 is 5.97 Å². The van der Waals surface area contributed by atoms with Crippen LogP contribution in [0.25, 0.3) is 0 Å². The van der Waals surface area contributed by atoms with Gasteiger partial charge < -0.3 is 5.11 Å². The highest BCUT2D eigenvalue weighted by Crippen LogP contribution is 2.16. The molecule has 0 aromatic carbocycles. The van der Waals surface area contributed by atoms with Crippen LogP contribution < -0.4 is 0 Å². The van der Waals surface area contributed by atoms with Crippen LogP contribution in [-0.4, -0.2) is 26.3 Å². The number of aromatic nitrogens is 3. The van der Waals surface area contributed by atoms with Gasteiger partial charge in [0.2, 0.25) is 0 Å². The Morgan fingerprint density at radius 3 is 2.60 bits per heavy atom. The monoisotopic (exact) mass is 207 g/mol. The Hall–Kier alpha value is -1.52. The zero-order valence-corrected chi connectivity index (χ0v) is 8.44. The molecule has 5 nitrogen and oxygen atoms in total. The molecule has 15 heavy (non-hydrogen) atoms. The topological polar surface area (TPSA) is 76.0 Å². The highest BCUT2D eigenvalue weighted by molar-refractivity contribution is 5.68. The molecule has 1 aromatic rings. The third-order valence-electron chi connectivity index (χ3n) is 2.52. The van der Waals surface area contributed by atoms with Crippen LogP contribution in [0.1, 0.15) is 36.5 Å². The van der Waals surface area contributed by atoms with Gasteiger partial charge in [0.25, 0.3) is 0 Å². The van der Waals surface area contributed by atoms with E-state index in [0.29, 0.717) is 5.82 Å². The molecular weight excluding hydrogens is 194 g/mol. The maximum atomic E-state index is 10.5. The number of carboxylic acid groups (broad SMARTS) is 1. The Bertz CT molecular complexity index is 379. The second-order valence-electron chi connectivity index (χ2n) is 3.75. The summed E-state index contributed by atoms with van der Waals surface area (Å²) in [5.74, 6) is -0.589. The van der Waals surface area contributed by atoms with Gasteiger partial charge in [-0.1, -0.05) is 6.42 Å². The number of aliphatic carboxylic acids is 1. The molecule has 1 heterocycles. The van der Waals surface area contributed by atoms with E-state index in [0.717, 1.165) is 37.1 Å². The first kappa shape index (κ1) is 10.0. The lowest BCUT2D eigenvalue weighted by Gasteiger charge is -2.03. The summed E-state index contributed by atoms with van der Waals surface area (Å²) in [7, 11) is 0. The lowest BCUT2D eigenvalue weighted by atomic mass is 10.2. The summed E-state index contributed by atoms with van der Waals surface area (Å²) in [4.78, 5) is 14.8. The van der Waals surface area contributed by atoms with Crippen LogP contribution in [0.4, 0.5) is 0 Å². The summed E-state index contributed by atoms with van der Waals surface area (Å²) in [6.07, 6.45) is 5.10. The third kappa shape index (κ3) is 2.49. The lowest BCUT2D eigenvalue weighted by molar-refractivity contribution is -0.136. The number of hydrogen-bond donors (Lipinski definition) is 1. The molecular formula is C10H13N3O2. The molecule has 1 N–H and O–H groups in total. The van der Waals surface area contributed by atoms with Crippen LogP contribution in [0.2, 0.25) is 0 Å². The van der Waals surface area contributed by atoms with Gasteiger partial charge in [-0.3, -0.25) is 4.79 Å². The van der Waals surface area contributed by atoms with Crippen LogP contribution in [0.3, 0.4) is 0 Å². The Kier molecular flexibility index (Phi) is 2.89. The van der Waals surface area contributed by atoms with Gasteiger partial charge in [-0.25, -0.2) is 4.98 Å². The number of fused-ring (bicyclic) bond motifs is 1. The van der Waals surface area contributed by atoms with Crippen LogP contribution in [0.15, 0.2) is 0 Å². The number of hydrogen-bond acceptors (Lipinski definition) is 4. The maximum absolute atomic E-state index is 10.5. The molecule has 0 atom stereocenters. The highest BCUT2D eigenvalue weighted by Gasteiger charge is 2.13. The van der Waals surface area contributed by atoms with Crippen molar-refractivity contribution < 1.29 is 9.90 Å². The Morgan fingerprint density at radius 2 is 1.87 bits per heavy atom. The average molecular weight is 207 g/mol. The third-order valence-corrected chi connectivity index (χ3v) is 2.52. The normalized spacial score (nSPS) is 15.5. The van der Waals surface area contributed by atoms with Gasteiger partial charge in [0.15, 0.2) is 5.82 Å². The minimum absolute atomic E-state index is 0.139. The summed E-state index contributed by atoms with van der Waals surface area (Å²) in [5, 5.41) is 16.5. The molecule has 5 heteroatoms. The molecule has 0 spiro atoms. The van der Waals surface area contributed by atoms with Gasteiger partial charge in [0.1, 0.15) is 6.42 Å². The van der Waals surface area contributed by atoms with E-state index in [1.165, 1.54) is 6.42 Å². The summed E-state index contributed by atoms with van der Waals surface area (Å²) in [6.45, 7) is 0. The van der Waals surface area contributed by atoms with Crippen molar-refractivity contribution >= 4 is 5.97 Å². The second kappa shape index (κ2) is 4.33. The quantitative estimate of drug-likeness (QED) is 0.725. The van der Waals surface area contributed by atoms with Crippen molar-refractivity contribution in [3.63, 3.8) is 0 Å². The standard InChI is InChI=1S/C10H13N3O2/c14-10(15)6-9-11-7-4-2-1-3-5-8(7)12-13-9/h1-6H2,(H,14,15). The summed E-state index contributed by atoms with van der Waals surface area (Å²) >= 11 is 0. The molecule has 0 fully saturated rings. The van der Waals surface area contributed by atoms with E-state index in [9.17, 15) is 4.79 Å². The van der Waals surface area contributed by atoms with E-state index in [1.807, 2.05) is 0 Å². The molecule has 1 aliphatic carbocycles. The van der Waals surface area contributed by atoms with Crippen molar-refractivity contribution in [2.75, 3.05) is 0 Å². The fourth-order valence-corrected chi connectivity index (χ4v) is 1.78. The number of carbonyl (C=O) groups is 1. The maximum Gasteiger partial charge on any atom is 0.311 e. The first-order chi connectivity index (χ1) is 7.25. The van der Waals surface area contributed by atoms with Crippen molar-refractivity contribution in [3.05, 3.63) is 17.2 Å². The molecule has 0 aliphatic heterocycles. The average Bonchev–Trinajstić information content (AvgIpc) is 2.41. The van der Waals surface area contributed by atoms with E-state index >= 15 is 0 Å². The van der Waals surface area contributed by atoms with Crippen molar-refractivity contribution in [1.82, 2.24) is 15.2 Å². The Labute approximate surface area is 87.6 Å². The fraction of sp³-hybridized carbons (Fsp3) is 0.600. The first-order valence-corrected chi connectivity index (χ1v) is 5.19. The van der Waals surface area contributed by atoms with Crippen LogP contribution in [0, 0.1) is 0 Å². The minimum atomic E-state index is -0.912. The van der Waals surface area contributed by atoms with Gasteiger partial charge in [-0.15, -0.1) is 5.10 Å². The SMILES string of the molecule is O=C(O)Cc1nnc2c(n1)CCCCC2. The summed E-state index contributed by atoms with van der Waals surface area (Å²) in [6, 6.07) is 0. The van der Waals surface area contributed by atoms with E-state index in [-0.39, 0.29) is 6.42 Å². The molecule has 0 unspecified atom stereocenters.